The van der Waals surface area contributed by atoms with Crippen molar-refractivity contribution in [2.24, 2.45) is 5.92 Å². The van der Waals surface area contributed by atoms with Crippen molar-refractivity contribution < 1.29 is 14.6 Å². The van der Waals surface area contributed by atoms with Crippen LogP contribution >= 0.6 is 15.9 Å². The number of hydrogen-bond acceptors (Lipinski definition) is 3. The van der Waals surface area contributed by atoms with E-state index in [9.17, 15) is 5.11 Å². The quantitative estimate of drug-likeness (QED) is 0.877. The molecule has 0 aliphatic rings. The van der Waals surface area contributed by atoms with E-state index in [1.165, 1.54) is 0 Å². The van der Waals surface area contributed by atoms with Crippen molar-refractivity contribution >= 4 is 15.9 Å². The molecule has 0 bridgehead atoms. The van der Waals surface area contributed by atoms with Crippen molar-refractivity contribution in [1.29, 1.82) is 0 Å². The second kappa shape index (κ2) is 6.99. The van der Waals surface area contributed by atoms with Gasteiger partial charge >= 0.3 is 0 Å². The minimum absolute atomic E-state index is 0.130. The molecule has 0 saturated heterocycles. The Morgan fingerprint density at radius 2 is 2.06 bits per heavy atom. The first-order chi connectivity index (χ1) is 8.10. The average molecular weight is 303 g/mol. The Morgan fingerprint density at radius 1 is 1.35 bits per heavy atom. The summed E-state index contributed by atoms with van der Waals surface area (Å²) in [5, 5.41) is 10.3. The van der Waals surface area contributed by atoms with Gasteiger partial charge in [-0.3, -0.25) is 0 Å². The largest absolute Gasteiger partial charge is 0.496 e. The molecule has 1 N–H and O–H groups in total. The van der Waals surface area contributed by atoms with E-state index in [1.807, 2.05) is 25.1 Å². The normalized spacial score (nSPS) is 14.4. The molecule has 4 heteroatoms. The standard InChI is InChI=1S/C13H19BrO3/c1-9(6-7-16-2)13(15)11-5-4-10(14)8-12(11)17-3/h4-5,8-9,13,15H,6-7H2,1-3H3. The summed E-state index contributed by atoms with van der Waals surface area (Å²) in [5.74, 6) is 0.834. The maximum absolute atomic E-state index is 10.3. The third kappa shape index (κ3) is 3.98. The molecular weight excluding hydrogens is 284 g/mol. The second-order valence-electron chi connectivity index (χ2n) is 4.09. The Bertz CT molecular complexity index is 355. The van der Waals surface area contributed by atoms with Gasteiger partial charge in [0, 0.05) is 23.8 Å². The monoisotopic (exact) mass is 302 g/mol. The fourth-order valence-corrected chi connectivity index (χ4v) is 2.04. The van der Waals surface area contributed by atoms with Crippen LogP contribution in [0.3, 0.4) is 0 Å². The van der Waals surface area contributed by atoms with Gasteiger partial charge in [-0.05, 0) is 24.5 Å². The van der Waals surface area contributed by atoms with Crippen molar-refractivity contribution in [2.45, 2.75) is 19.4 Å². The molecule has 17 heavy (non-hydrogen) atoms. The molecule has 0 aliphatic carbocycles. The fraction of sp³-hybridized carbons (Fsp3) is 0.538. The summed E-state index contributed by atoms with van der Waals surface area (Å²) in [6.07, 6.45) is 0.282. The number of aliphatic hydroxyl groups excluding tert-OH is 1. The fourth-order valence-electron chi connectivity index (χ4n) is 1.70. The highest BCUT2D eigenvalue weighted by Gasteiger charge is 2.19. The molecule has 0 aliphatic heterocycles. The Morgan fingerprint density at radius 3 is 2.65 bits per heavy atom. The number of benzene rings is 1. The molecule has 0 radical (unpaired) electrons. The van der Waals surface area contributed by atoms with Crippen LogP contribution in [0.15, 0.2) is 22.7 Å². The van der Waals surface area contributed by atoms with Crippen LogP contribution < -0.4 is 4.74 Å². The van der Waals surface area contributed by atoms with Gasteiger partial charge in [-0.25, -0.2) is 0 Å². The lowest BCUT2D eigenvalue weighted by Gasteiger charge is -2.21. The lowest BCUT2D eigenvalue weighted by molar-refractivity contribution is 0.0865. The summed E-state index contributed by atoms with van der Waals surface area (Å²) in [6.45, 7) is 2.66. The minimum Gasteiger partial charge on any atom is -0.496 e. The van der Waals surface area contributed by atoms with Crippen LogP contribution in [0.4, 0.5) is 0 Å². The molecule has 3 nitrogen and oxygen atoms in total. The lowest BCUT2D eigenvalue weighted by Crippen LogP contribution is -2.12. The van der Waals surface area contributed by atoms with Gasteiger partial charge in [0.15, 0.2) is 0 Å². The number of hydrogen-bond donors (Lipinski definition) is 1. The summed E-state index contributed by atoms with van der Waals surface area (Å²) in [5.41, 5.74) is 0.819. The van der Waals surface area contributed by atoms with Crippen LogP contribution in [-0.4, -0.2) is 25.9 Å². The Labute approximate surface area is 111 Å². The zero-order chi connectivity index (χ0) is 12.8. The number of rotatable bonds is 6. The zero-order valence-corrected chi connectivity index (χ0v) is 12.0. The molecule has 1 aromatic rings. The maximum atomic E-state index is 10.3. The summed E-state index contributed by atoms with van der Waals surface area (Å²) >= 11 is 3.38. The SMILES string of the molecule is COCCC(C)C(O)c1ccc(Br)cc1OC. The van der Waals surface area contributed by atoms with Crippen LogP contribution in [0, 0.1) is 5.92 Å². The van der Waals surface area contributed by atoms with E-state index in [0.717, 1.165) is 16.5 Å². The van der Waals surface area contributed by atoms with Gasteiger partial charge in [-0.1, -0.05) is 28.9 Å². The molecule has 2 atom stereocenters. The molecule has 2 unspecified atom stereocenters. The first-order valence-electron chi connectivity index (χ1n) is 5.60. The molecule has 96 valence electrons. The number of halogens is 1. The summed E-state index contributed by atoms with van der Waals surface area (Å²) < 4.78 is 11.2. The summed E-state index contributed by atoms with van der Waals surface area (Å²) in [7, 11) is 3.27. The van der Waals surface area contributed by atoms with E-state index in [0.29, 0.717) is 12.4 Å². The van der Waals surface area contributed by atoms with Crippen LogP contribution in [0.2, 0.25) is 0 Å². The van der Waals surface area contributed by atoms with Gasteiger partial charge in [-0.15, -0.1) is 0 Å². The third-order valence-electron chi connectivity index (χ3n) is 2.83. The van der Waals surface area contributed by atoms with Gasteiger partial charge in [-0.2, -0.15) is 0 Å². The number of methoxy groups -OCH3 is 2. The second-order valence-corrected chi connectivity index (χ2v) is 5.01. The summed E-state index contributed by atoms with van der Waals surface area (Å²) in [6, 6.07) is 5.66. The molecule has 1 rings (SSSR count). The molecule has 0 fully saturated rings. The van der Waals surface area contributed by atoms with Crippen molar-refractivity contribution in [3.63, 3.8) is 0 Å². The number of ether oxygens (including phenoxy) is 2. The van der Waals surface area contributed by atoms with Crippen molar-refractivity contribution in [3.8, 4) is 5.75 Å². The van der Waals surface area contributed by atoms with Crippen LogP contribution in [-0.2, 0) is 4.74 Å². The van der Waals surface area contributed by atoms with Crippen LogP contribution in [0.1, 0.15) is 25.0 Å². The molecule has 0 saturated carbocycles. The van der Waals surface area contributed by atoms with Crippen molar-refractivity contribution in [3.05, 3.63) is 28.2 Å². The van der Waals surface area contributed by atoms with Gasteiger partial charge in [0.1, 0.15) is 5.75 Å². The Hall–Kier alpha value is -0.580. The predicted molar refractivity (Wildman–Crippen MR) is 71.3 cm³/mol. The lowest BCUT2D eigenvalue weighted by atomic mass is 9.94. The molecule has 0 spiro atoms. The highest BCUT2D eigenvalue weighted by Crippen LogP contribution is 2.33. The van der Waals surface area contributed by atoms with Crippen LogP contribution in [0.25, 0.3) is 0 Å². The average Bonchev–Trinajstić information content (AvgIpc) is 2.34. The van der Waals surface area contributed by atoms with E-state index in [1.54, 1.807) is 14.2 Å². The first-order valence-corrected chi connectivity index (χ1v) is 6.40. The predicted octanol–water partition coefficient (Wildman–Crippen LogP) is 3.16. The highest BCUT2D eigenvalue weighted by molar-refractivity contribution is 9.10. The topological polar surface area (TPSA) is 38.7 Å². The van der Waals surface area contributed by atoms with E-state index in [-0.39, 0.29) is 5.92 Å². The van der Waals surface area contributed by atoms with E-state index >= 15 is 0 Å². The van der Waals surface area contributed by atoms with Gasteiger partial charge in [0.25, 0.3) is 0 Å². The minimum atomic E-state index is -0.534. The smallest absolute Gasteiger partial charge is 0.125 e. The van der Waals surface area contributed by atoms with Gasteiger partial charge < -0.3 is 14.6 Å². The van der Waals surface area contributed by atoms with Gasteiger partial charge in [0.05, 0.1) is 13.2 Å². The van der Waals surface area contributed by atoms with E-state index in [2.05, 4.69) is 15.9 Å². The van der Waals surface area contributed by atoms with Gasteiger partial charge in [0.2, 0.25) is 0 Å². The van der Waals surface area contributed by atoms with E-state index in [4.69, 9.17) is 9.47 Å². The van der Waals surface area contributed by atoms with E-state index < -0.39 is 6.10 Å². The number of aliphatic hydroxyl groups is 1. The Balaban J connectivity index is 2.83. The molecule has 1 aromatic carbocycles. The maximum Gasteiger partial charge on any atom is 0.125 e. The molecule has 0 aromatic heterocycles. The Kier molecular flexibility index (Phi) is 5.95. The van der Waals surface area contributed by atoms with Crippen molar-refractivity contribution in [1.82, 2.24) is 0 Å². The van der Waals surface area contributed by atoms with Crippen LogP contribution in [0.5, 0.6) is 5.75 Å². The van der Waals surface area contributed by atoms with Crippen molar-refractivity contribution in [2.75, 3.05) is 20.8 Å². The third-order valence-corrected chi connectivity index (χ3v) is 3.32. The first kappa shape index (κ1) is 14.5. The zero-order valence-electron chi connectivity index (χ0n) is 10.4. The molecule has 0 amide bonds. The molecular formula is C13H19BrO3. The summed E-state index contributed by atoms with van der Waals surface area (Å²) in [4.78, 5) is 0. The molecule has 0 heterocycles. The highest BCUT2D eigenvalue weighted by atomic mass is 79.9.